The molecule has 1 N–H and O–H groups in total. The van der Waals surface area contributed by atoms with Crippen molar-refractivity contribution in [1.29, 1.82) is 0 Å². The molecule has 2 rings (SSSR count). The second-order valence-electron chi connectivity index (χ2n) is 5.17. The van der Waals surface area contributed by atoms with Crippen molar-refractivity contribution in [1.82, 2.24) is 4.90 Å². The van der Waals surface area contributed by atoms with Gasteiger partial charge in [0.05, 0.1) is 12.5 Å². The zero-order valence-electron chi connectivity index (χ0n) is 10.9. The number of fused-ring (bicyclic) bond motifs is 1. The van der Waals surface area contributed by atoms with Crippen molar-refractivity contribution in [2.45, 2.75) is 26.3 Å². The molecule has 0 radical (unpaired) electrons. The Hall–Kier alpha value is -1.91. The molecule has 1 aromatic rings. The van der Waals surface area contributed by atoms with Gasteiger partial charge in [-0.1, -0.05) is 19.9 Å². The maximum Gasteiger partial charge on any atom is 0.305 e. The van der Waals surface area contributed by atoms with Crippen molar-refractivity contribution in [3.63, 3.8) is 0 Å². The first-order valence-electron chi connectivity index (χ1n) is 6.23. The summed E-state index contributed by atoms with van der Waals surface area (Å²) in [6.07, 6.45) is -0.271. The summed E-state index contributed by atoms with van der Waals surface area (Å²) in [5.74, 6) is -1.64. The van der Waals surface area contributed by atoms with E-state index in [1.807, 2.05) is 13.8 Å². The number of amides is 1. The van der Waals surface area contributed by atoms with E-state index in [9.17, 15) is 14.0 Å². The molecule has 0 fully saturated rings. The van der Waals surface area contributed by atoms with Gasteiger partial charge in [0.2, 0.25) is 0 Å². The van der Waals surface area contributed by atoms with Gasteiger partial charge >= 0.3 is 5.97 Å². The fourth-order valence-electron chi connectivity index (χ4n) is 2.50. The summed E-state index contributed by atoms with van der Waals surface area (Å²) in [6.45, 7) is 4.29. The predicted molar refractivity (Wildman–Crippen MR) is 67.3 cm³/mol. The van der Waals surface area contributed by atoms with Gasteiger partial charge in [0, 0.05) is 17.7 Å². The van der Waals surface area contributed by atoms with Gasteiger partial charge in [-0.25, -0.2) is 4.39 Å². The molecule has 0 saturated carbocycles. The number of halogens is 1. The molecule has 0 bridgehead atoms. The molecule has 19 heavy (non-hydrogen) atoms. The highest BCUT2D eigenvalue weighted by Gasteiger charge is 2.39. The Balaban J connectivity index is 2.45. The van der Waals surface area contributed by atoms with Gasteiger partial charge in [0.25, 0.3) is 5.91 Å². The fourth-order valence-corrected chi connectivity index (χ4v) is 2.50. The standard InChI is InChI=1S/C14H16FNO3/c1-8(2)7-16-11(6-12(17)18)13-9(14(16)19)4-3-5-10(13)15/h3-5,8,11H,6-7H2,1-2H3,(H,17,18). The number of nitrogens with zero attached hydrogens (tertiary/aromatic N) is 1. The van der Waals surface area contributed by atoms with Crippen molar-refractivity contribution in [3.8, 4) is 0 Å². The molecule has 1 aliphatic rings. The molecule has 0 aliphatic carbocycles. The first-order valence-corrected chi connectivity index (χ1v) is 6.23. The molecule has 1 heterocycles. The van der Waals surface area contributed by atoms with Crippen LogP contribution >= 0.6 is 0 Å². The third kappa shape index (κ3) is 2.45. The van der Waals surface area contributed by atoms with E-state index in [0.717, 1.165) is 0 Å². The van der Waals surface area contributed by atoms with Gasteiger partial charge in [-0.2, -0.15) is 0 Å². The maximum atomic E-state index is 13.9. The summed E-state index contributed by atoms with van der Waals surface area (Å²) in [5.41, 5.74) is 0.502. The SMILES string of the molecule is CC(C)CN1C(=O)c2cccc(F)c2C1CC(=O)O. The minimum Gasteiger partial charge on any atom is -0.481 e. The summed E-state index contributed by atoms with van der Waals surface area (Å²) in [5, 5.41) is 8.97. The number of rotatable bonds is 4. The Labute approximate surface area is 110 Å². The molecule has 1 atom stereocenters. The highest BCUT2D eigenvalue weighted by Crippen LogP contribution is 2.37. The van der Waals surface area contributed by atoms with Crippen LogP contribution in [0.15, 0.2) is 18.2 Å². The van der Waals surface area contributed by atoms with Crippen molar-refractivity contribution >= 4 is 11.9 Å². The van der Waals surface area contributed by atoms with Crippen LogP contribution in [0.5, 0.6) is 0 Å². The summed E-state index contributed by atoms with van der Waals surface area (Å²) >= 11 is 0. The number of benzene rings is 1. The molecule has 0 saturated heterocycles. The lowest BCUT2D eigenvalue weighted by molar-refractivity contribution is -0.138. The molecule has 4 nitrogen and oxygen atoms in total. The van der Waals surface area contributed by atoms with Gasteiger partial charge in [-0.3, -0.25) is 9.59 Å². The summed E-state index contributed by atoms with van der Waals surface area (Å²) in [4.78, 5) is 24.7. The monoisotopic (exact) mass is 265 g/mol. The third-order valence-electron chi connectivity index (χ3n) is 3.18. The third-order valence-corrected chi connectivity index (χ3v) is 3.18. The van der Waals surface area contributed by atoms with Gasteiger partial charge < -0.3 is 10.0 Å². The number of carboxylic acid groups (broad SMARTS) is 1. The molecule has 102 valence electrons. The minimum atomic E-state index is -1.04. The highest BCUT2D eigenvalue weighted by atomic mass is 19.1. The molecule has 1 aliphatic heterocycles. The van der Waals surface area contributed by atoms with Crippen LogP contribution in [0.3, 0.4) is 0 Å². The Morgan fingerprint density at radius 2 is 2.16 bits per heavy atom. The van der Waals surface area contributed by atoms with E-state index in [4.69, 9.17) is 5.11 Å². The summed E-state index contributed by atoms with van der Waals surface area (Å²) < 4.78 is 13.9. The zero-order chi connectivity index (χ0) is 14.2. The summed E-state index contributed by atoms with van der Waals surface area (Å²) in [6, 6.07) is 3.59. The lowest BCUT2D eigenvalue weighted by Gasteiger charge is -2.26. The van der Waals surface area contributed by atoms with E-state index in [2.05, 4.69) is 0 Å². The lowest BCUT2D eigenvalue weighted by Crippen LogP contribution is -2.32. The Morgan fingerprint density at radius 3 is 2.74 bits per heavy atom. The predicted octanol–water partition coefficient (Wildman–Crippen LogP) is 2.45. The average Bonchev–Trinajstić information content (AvgIpc) is 2.55. The largest absolute Gasteiger partial charge is 0.481 e. The van der Waals surface area contributed by atoms with Crippen LogP contribution in [0, 0.1) is 11.7 Å². The number of carbonyl (C=O) groups excluding carboxylic acids is 1. The molecule has 1 aromatic carbocycles. The number of carboxylic acids is 1. The normalized spacial score (nSPS) is 18.0. The second kappa shape index (κ2) is 4.99. The van der Waals surface area contributed by atoms with Crippen LogP contribution < -0.4 is 0 Å². The molecule has 1 amide bonds. The average molecular weight is 265 g/mol. The Morgan fingerprint density at radius 1 is 1.47 bits per heavy atom. The molecule has 0 spiro atoms. The first kappa shape index (κ1) is 13.5. The molecular formula is C14H16FNO3. The van der Waals surface area contributed by atoms with Crippen LogP contribution in [0.1, 0.15) is 42.2 Å². The van der Waals surface area contributed by atoms with Gasteiger partial charge in [-0.05, 0) is 18.1 Å². The van der Waals surface area contributed by atoms with Gasteiger partial charge in [0.1, 0.15) is 5.82 Å². The van der Waals surface area contributed by atoms with Crippen LogP contribution in [0.2, 0.25) is 0 Å². The number of hydrogen-bond donors (Lipinski definition) is 1. The van der Waals surface area contributed by atoms with Crippen LogP contribution in [0.25, 0.3) is 0 Å². The van der Waals surface area contributed by atoms with Crippen LogP contribution in [-0.2, 0) is 4.79 Å². The Kier molecular flexibility index (Phi) is 3.55. The highest BCUT2D eigenvalue weighted by molar-refractivity contribution is 5.99. The second-order valence-corrected chi connectivity index (χ2v) is 5.17. The number of hydrogen-bond acceptors (Lipinski definition) is 2. The van der Waals surface area contributed by atoms with E-state index in [1.165, 1.54) is 17.0 Å². The topological polar surface area (TPSA) is 57.6 Å². The van der Waals surface area contributed by atoms with Crippen molar-refractivity contribution in [2.75, 3.05) is 6.54 Å². The van der Waals surface area contributed by atoms with E-state index >= 15 is 0 Å². The van der Waals surface area contributed by atoms with Gasteiger partial charge in [-0.15, -0.1) is 0 Å². The van der Waals surface area contributed by atoms with Gasteiger partial charge in [0.15, 0.2) is 0 Å². The zero-order valence-corrected chi connectivity index (χ0v) is 10.9. The van der Waals surface area contributed by atoms with Crippen molar-refractivity contribution < 1.29 is 19.1 Å². The molecule has 1 unspecified atom stereocenters. The maximum absolute atomic E-state index is 13.9. The van der Waals surface area contributed by atoms with E-state index in [0.29, 0.717) is 6.54 Å². The van der Waals surface area contributed by atoms with Crippen LogP contribution in [0.4, 0.5) is 4.39 Å². The first-order chi connectivity index (χ1) is 8.91. The van der Waals surface area contributed by atoms with Crippen LogP contribution in [-0.4, -0.2) is 28.4 Å². The molecule has 0 aromatic heterocycles. The molecule has 5 heteroatoms. The Bertz CT molecular complexity index is 527. The van der Waals surface area contributed by atoms with E-state index < -0.39 is 17.8 Å². The van der Waals surface area contributed by atoms with Crippen molar-refractivity contribution in [2.24, 2.45) is 5.92 Å². The number of carbonyl (C=O) groups is 2. The smallest absolute Gasteiger partial charge is 0.305 e. The quantitative estimate of drug-likeness (QED) is 0.909. The van der Waals surface area contributed by atoms with E-state index in [-0.39, 0.29) is 29.4 Å². The fraction of sp³-hybridized carbons (Fsp3) is 0.429. The minimum absolute atomic E-state index is 0.192. The molecular weight excluding hydrogens is 249 g/mol. The number of aliphatic carboxylic acids is 1. The van der Waals surface area contributed by atoms with E-state index in [1.54, 1.807) is 6.07 Å². The lowest BCUT2D eigenvalue weighted by atomic mass is 10.0. The van der Waals surface area contributed by atoms with Crippen molar-refractivity contribution in [3.05, 3.63) is 35.1 Å². The summed E-state index contributed by atoms with van der Waals surface area (Å²) in [7, 11) is 0.